The van der Waals surface area contributed by atoms with Gasteiger partial charge in [0, 0.05) is 0 Å². The quantitative estimate of drug-likeness (QED) is 0.376. The molecule has 3 aromatic rings. The Labute approximate surface area is 143 Å². The Bertz CT molecular complexity index is 934. The molecule has 0 amide bonds. The van der Waals surface area contributed by atoms with Gasteiger partial charge in [-0.1, -0.05) is 18.7 Å². The summed E-state index contributed by atoms with van der Waals surface area (Å²) in [5, 5.41) is 0.917. The van der Waals surface area contributed by atoms with Crippen molar-refractivity contribution in [1.82, 2.24) is 0 Å². The Morgan fingerprint density at radius 1 is 0.920 bits per heavy atom. The maximum absolute atomic E-state index is 13.3. The van der Waals surface area contributed by atoms with Crippen molar-refractivity contribution >= 4 is 16.7 Å². The van der Waals surface area contributed by atoms with Crippen molar-refractivity contribution in [2.75, 3.05) is 6.61 Å². The predicted molar refractivity (Wildman–Crippen MR) is 91.0 cm³/mol. The van der Waals surface area contributed by atoms with E-state index in [9.17, 15) is 13.6 Å². The van der Waals surface area contributed by atoms with Crippen molar-refractivity contribution in [3.8, 4) is 11.5 Å². The van der Waals surface area contributed by atoms with Crippen LogP contribution in [0.3, 0.4) is 0 Å². The molecule has 3 nitrogen and oxygen atoms in total. The molecule has 3 rings (SSSR count). The average molecular weight is 340 g/mol. The van der Waals surface area contributed by atoms with E-state index in [1.165, 1.54) is 12.1 Å². The molecule has 0 aliphatic heterocycles. The van der Waals surface area contributed by atoms with Crippen molar-refractivity contribution in [2.45, 2.75) is 0 Å². The number of fused-ring (bicyclic) bond motifs is 1. The summed E-state index contributed by atoms with van der Waals surface area (Å²) in [6, 6.07) is 13.2. The van der Waals surface area contributed by atoms with Crippen LogP contribution in [0.15, 0.2) is 67.3 Å². The smallest absolute Gasteiger partial charge is 0.343 e. The molecule has 0 aliphatic rings. The molecular formula is C20H14F2O3. The highest BCUT2D eigenvalue weighted by Gasteiger charge is 2.11. The first kappa shape index (κ1) is 16.6. The molecule has 0 radical (unpaired) electrons. The van der Waals surface area contributed by atoms with Gasteiger partial charge in [0.05, 0.1) is 5.56 Å². The molecule has 0 bridgehead atoms. The molecule has 0 spiro atoms. The van der Waals surface area contributed by atoms with Crippen LogP contribution in [0.2, 0.25) is 0 Å². The van der Waals surface area contributed by atoms with Gasteiger partial charge in [0.1, 0.15) is 18.1 Å². The molecule has 3 aromatic carbocycles. The van der Waals surface area contributed by atoms with Gasteiger partial charge < -0.3 is 9.47 Å². The number of carbonyl (C=O) groups excluding carboxylic acids is 1. The SMILES string of the molecule is C=CCOc1ccc(OC(=O)c2ccc3cc(F)c(F)cc3c2)cc1. The maximum Gasteiger partial charge on any atom is 0.343 e. The summed E-state index contributed by atoms with van der Waals surface area (Å²) in [4.78, 5) is 12.2. The second-order valence-electron chi connectivity index (χ2n) is 5.29. The molecule has 126 valence electrons. The van der Waals surface area contributed by atoms with Crippen molar-refractivity contribution in [1.29, 1.82) is 0 Å². The molecule has 0 saturated heterocycles. The predicted octanol–water partition coefficient (Wildman–Crippen LogP) is 4.90. The van der Waals surface area contributed by atoms with Crippen LogP contribution >= 0.6 is 0 Å². The fraction of sp³-hybridized carbons (Fsp3) is 0.0500. The van der Waals surface area contributed by atoms with Gasteiger partial charge in [-0.05, 0) is 59.3 Å². The van der Waals surface area contributed by atoms with Crippen LogP contribution in [-0.4, -0.2) is 12.6 Å². The Hall–Kier alpha value is -3.21. The van der Waals surface area contributed by atoms with E-state index in [1.54, 1.807) is 36.4 Å². The number of halogens is 2. The lowest BCUT2D eigenvalue weighted by Crippen LogP contribution is -2.08. The molecular weight excluding hydrogens is 326 g/mol. The summed E-state index contributed by atoms with van der Waals surface area (Å²) in [7, 11) is 0. The minimum atomic E-state index is -0.965. The van der Waals surface area contributed by atoms with Crippen LogP contribution in [-0.2, 0) is 0 Å². The molecule has 0 aromatic heterocycles. The first-order valence-electron chi connectivity index (χ1n) is 7.51. The zero-order valence-corrected chi connectivity index (χ0v) is 13.2. The summed E-state index contributed by atoms with van der Waals surface area (Å²) in [5.41, 5.74) is 0.241. The summed E-state index contributed by atoms with van der Waals surface area (Å²) in [5.74, 6) is -1.51. The second kappa shape index (κ2) is 7.13. The van der Waals surface area contributed by atoms with Gasteiger partial charge >= 0.3 is 5.97 Å². The molecule has 0 N–H and O–H groups in total. The number of hydrogen-bond donors (Lipinski definition) is 0. The maximum atomic E-state index is 13.3. The number of esters is 1. The van der Waals surface area contributed by atoms with E-state index in [4.69, 9.17) is 9.47 Å². The molecule has 0 fully saturated rings. The molecule has 0 atom stereocenters. The molecule has 0 heterocycles. The van der Waals surface area contributed by atoms with E-state index < -0.39 is 17.6 Å². The highest BCUT2D eigenvalue weighted by atomic mass is 19.2. The summed E-state index contributed by atoms with van der Waals surface area (Å²) >= 11 is 0. The largest absolute Gasteiger partial charge is 0.490 e. The number of hydrogen-bond acceptors (Lipinski definition) is 3. The van der Waals surface area contributed by atoms with Crippen molar-refractivity contribution in [3.63, 3.8) is 0 Å². The van der Waals surface area contributed by atoms with Crippen LogP contribution in [0.1, 0.15) is 10.4 Å². The Kier molecular flexibility index (Phi) is 4.75. The number of carbonyl (C=O) groups is 1. The lowest BCUT2D eigenvalue weighted by Gasteiger charge is -2.07. The zero-order chi connectivity index (χ0) is 17.8. The van der Waals surface area contributed by atoms with Gasteiger partial charge in [-0.3, -0.25) is 0 Å². The van der Waals surface area contributed by atoms with Gasteiger partial charge in [0.15, 0.2) is 11.6 Å². The summed E-state index contributed by atoms with van der Waals surface area (Å²) < 4.78 is 37.2. The van der Waals surface area contributed by atoms with Crippen molar-refractivity contribution in [2.24, 2.45) is 0 Å². The van der Waals surface area contributed by atoms with Crippen LogP contribution in [0, 0.1) is 11.6 Å². The average Bonchev–Trinajstić information content (AvgIpc) is 2.61. The van der Waals surface area contributed by atoms with Crippen LogP contribution in [0.4, 0.5) is 8.78 Å². The Balaban J connectivity index is 1.77. The third-order valence-corrected chi connectivity index (χ3v) is 3.52. The minimum absolute atomic E-state index is 0.241. The molecule has 5 heteroatoms. The third kappa shape index (κ3) is 3.83. The number of rotatable bonds is 5. The lowest BCUT2D eigenvalue weighted by atomic mass is 10.1. The molecule has 0 aliphatic carbocycles. The first-order valence-corrected chi connectivity index (χ1v) is 7.51. The second-order valence-corrected chi connectivity index (χ2v) is 5.29. The Morgan fingerprint density at radius 3 is 2.24 bits per heavy atom. The van der Waals surface area contributed by atoms with E-state index in [2.05, 4.69) is 6.58 Å². The number of ether oxygens (including phenoxy) is 2. The van der Waals surface area contributed by atoms with Crippen LogP contribution in [0.5, 0.6) is 11.5 Å². The van der Waals surface area contributed by atoms with Crippen LogP contribution in [0.25, 0.3) is 10.8 Å². The summed E-state index contributed by atoms with van der Waals surface area (Å²) in [6.07, 6.45) is 1.63. The summed E-state index contributed by atoms with van der Waals surface area (Å²) in [6.45, 7) is 3.94. The van der Waals surface area contributed by atoms with Gasteiger partial charge in [-0.15, -0.1) is 0 Å². The Morgan fingerprint density at radius 2 is 1.56 bits per heavy atom. The number of benzene rings is 3. The van der Waals surface area contributed by atoms with Crippen LogP contribution < -0.4 is 9.47 Å². The topological polar surface area (TPSA) is 35.5 Å². The van der Waals surface area contributed by atoms with Crippen molar-refractivity contribution in [3.05, 3.63) is 84.5 Å². The molecule has 25 heavy (non-hydrogen) atoms. The van der Waals surface area contributed by atoms with E-state index in [0.29, 0.717) is 28.9 Å². The molecule has 0 unspecified atom stereocenters. The fourth-order valence-electron chi connectivity index (χ4n) is 2.29. The van der Waals surface area contributed by atoms with E-state index in [-0.39, 0.29) is 5.56 Å². The minimum Gasteiger partial charge on any atom is -0.490 e. The monoisotopic (exact) mass is 340 g/mol. The van der Waals surface area contributed by atoms with Gasteiger partial charge in [0.2, 0.25) is 0 Å². The highest BCUT2D eigenvalue weighted by molar-refractivity contribution is 5.96. The molecule has 0 saturated carbocycles. The van der Waals surface area contributed by atoms with E-state index in [1.807, 2.05) is 0 Å². The van der Waals surface area contributed by atoms with Gasteiger partial charge in [0.25, 0.3) is 0 Å². The van der Waals surface area contributed by atoms with Crippen molar-refractivity contribution < 1.29 is 23.0 Å². The lowest BCUT2D eigenvalue weighted by molar-refractivity contribution is 0.0735. The van der Waals surface area contributed by atoms with Gasteiger partial charge in [-0.2, -0.15) is 0 Å². The van der Waals surface area contributed by atoms with E-state index >= 15 is 0 Å². The zero-order valence-electron chi connectivity index (χ0n) is 13.2. The van der Waals surface area contributed by atoms with Gasteiger partial charge in [-0.25, -0.2) is 13.6 Å². The normalized spacial score (nSPS) is 10.5. The fourth-order valence-corrected chi connectivity index (χ4v) is 2.29. The van der Waals surface area contributed by atoms with E-state index in [0.717, 1.165) is 12.1 Å². The third-order valence-electron chi connectivity index (χ3n) is 3.52. The highest BCUT2D eigenvalue weighted by Crippen LogP contribution is 2.22. The standard InChI is InChI=1S/C20H14F2O3/c1-2-9-24-16-5-7-17(8-6-16)25-20(23)14-4-3-13-11-18(21)19(22)12-15(13)10-14/h2-8,10-12H,1,9H2. The first-order chi connectivity index (χ1) is 12.1.